The molecule has 0 aliphatic carbocycles. The van der Waals surface area contributed by atoms with Gasteiger partial charge in [-0.2, -0.15) is 5.10 Å². The molecule has 1 aromatic heterocycles. The third kappa shape index (κ3) is 2.53. The van der Waals surface area contributed by atoms with Crippen LogP contribution in [0.25, 0.3) is 0 Å². The zero-order valence-electron chi connectivity index (χ0n) is 10.4. The molecule has 1 amide bonds. The highest BCUT2D eigenvalue weighted by Crippen LogP contribution is 2.24. The Labute approximate surface area is 114 Å². The quantitative estimate of drug-likeness (QED) is 0.858. The first-order chi connectivity index (χ1) is 8.90. The number of hydrogen-bond acceptors (Lipinski definition) is 3. The second kappa shape index (κ2) is 4.89. The predicted octanol–water partition coefficient (Wildman–Crippen LogP) is 2.07. The molecule has 0 unspecified atom stereocenters. The Morgan fingerprint density at radius 1 is 1.53 bits per heavy atom. The van der Waals surface area contributed by atoms with Gasteiger partial charge in [0.15, 0.2) is 0 Å². The molecule has 0 fully saturated rings. The van der Waals surface area contributed by atoms with Crippen LogP contribution in [0.1, 0.15) is 10.4 Å². The van der Waals surface area contributed by atoms with E-state index in [9.17, 15) is 9.18 Å². The molecule has 100 valence electrons. The summed E-state index contributed by atoms with van der Waals surface area (Å²) >= 11 is 5.74. The number of benzene rings is 1. The van der Waals surface area contributed by atoms with Gasteiger partial charge < -0.3 is 10.6 Å². The summed E-state index contributed by atoms with van der Waals surface area (Å²) in [6.07, 6.45) is 3.18. The number of amides is 1. The Kier molecular flexibility index (Phi) is 3.44. The summed E-state index contributed by atoms with van der Waals surface area (Å²) in [7, 11) is 3.28. The van der Waals surface area contributed by atoms with Crippen molar-refractivity contribution in [1.29, 1.82) is 0 Å². The average Bonchev–Trinajstić information content (AvgIpc) is 2.78. The lowest BCUT2D eigenvalue weighted by molar-refractivity contribution is 0.0993. The molecule has 5 nitrogen and oxygen atoms in total. The van der Waals surface area contributed by atoms with Gasteiger partial charge in [0.2, 0.25) is 0 Å². The Morgan fingerprint density at radius 2 is 2.21 bits per heavy atom. The molecule has 1 heterocycles. The van der Waals surface area contributed by atoms with Gasteiger partial charge in [-0.15, -0.1) is 0 Å². The lowest BCUT2D eigenvalue weighted by Gasteiger charge is -2.16. The van der Waals surface area contributed by atoms with Crippen LogP contribution in [-0.4, -0.2) is 22.7 Å². The number of nitrogens with two attached hydrogens (primary N) is 1. The Morgan fingerprint density at radius 3 is 2.79 bits per heavy atom. The molecule has 0 radical (unpaired) electrons. The SMILES string of the molecule is CN(C(=O)c1cc(Cl)cc(F)c1N)c1cnn(C)c1. The number of rotatable bonds is 2. The van der Waals surface area contributed by atoms with Gasteiger partial charge in [0, 0.05) is 25.3 Å². The first-order valence-electron chi connectivity index (χ1n) is 5.41. The molecule has 1 aromatic carbocycles. The number of halogens is 2. The zero-order valence-corrected chi connectivity index (χ0v) is 11.1. The van der Waals surface area contributed by atoms with Crippen molar-refractivity contribution in [1.82, 2.24) is 9.78 Å². The van der Waals surface area contributed by atoms with E-state index >= 15 is 0 Å². The van der Waals surface area contributed by atoms with E-state index in [1.54, 1.807) is 25.0 Å². The molecular formula is C12H12ClFN4O. The van der Waals surface area contributed by atoms with E-state index in [1.165, 1.54) is 17.2 Å². The normalized spacial score (nSPS) is 10.5. The number of aromatic nitrogens is 2. The molecule has 2 aromatic rings. The third-order valence-corrected chi connectivity index (χ3v) is 2.93. The molecular weight excluding hydrogens is 271 g/mol. The van der Waals surface area contributed by atoms with Crippen LogP contribution in [0, 0.1) is 5.82 Å². The minimum Gasteiger partial charge on any atom is -0.396 e. The van der Waals surface area contributed by atoms with Crippen molar-refractivity contribution in [2.75, 3.05) is 17.7 Å². The van der Waals surface area contributed by atoms with E-state index in [0.717, 1.165) is 6.07 Å². The van der Waals surface area contributed by atoms with Crippen molar-refractivity contribution in [2.45, 2.75) is 0 Å². The van der Waals surface area contributed by atoms with Gasteiger partial charge in [0.05, 0.1) is 23.1 Å². The lowest BCUT2D eigenvalue weighted by Crippen LogP contribution is -2.27. The van der Waals surface area contributed by atoms with Crippen LogP contribution in [0.4, 0.5) is 15.8 Å². The summed E-state index contributed by atoms with van der Waals surface area (Å²) in [5, 5.41) is 4.08. The first kappa shape index (κ1) is 13.4. The lowest BCUT2D eigenvalue weighted by atomic mass is 10.1. The number of hydrogen-bond donors (Lipinski definition) is 1. The summed E-state index contributed by atoms with van der Waals surface area (Å²) in [5.41, 5.74) is 5.95. The molecule has 0 aliphatic rings. The van der Waals surface area contributed by atoms with E-state index < -0.39 is 11.7 Å². The molecule has 0 aliphatic heterocycles. The molecule has 2 N–H and O–H groups in total. The second-order valence-corrected chi connectivity index (χ2v) is 4.52. The summed E-state index contributed by atoms with van der Waals surface area (Å²) in [5.74, 6) is -1.16. The van der Waals surface area contributed by atoms with Crippen molar-refractivity contribution in [3.8, 4) is 0 Å². The largest absolute Gasteiger partial charge is 0.396 e. The summed E-state index contributed by atoms with van der Waals surface area (Å²) in [4.78, 5) is 13.6. The van der Waals surface area contributed by atoms with Crippen molar-refractivity contribution in [3.63, 3.8) is 0 Å². The number of carbonyl (C=O) groups is 1. The number of nitrogen functional groups attached to an aromatic ring is 1. The Hall–Kier alpha value is -2.08. The van der Waals surface area contributed by atoms with Gasteiger partial charge in [0.25, 0.3) is 5.91 Å². The average molecular weight is 283 g/mol. The fourth-order valence-corrected chi connectivity index (χ4v) is 1.85. The number of anilines is 2. The molecule has 0 saturated heterocycles. The maximum atomic E-state index is 13.5. The van der Waals surface area contributed by atoms with Crippen LogP contribution in [0.15, 0.2) is 24.5 Å². The summed E-state index contributed by atoms with van der Waals surface area (Å²) < 4.78 is 15.0. The highest BCUT2D eigenvalue weighted by molar-refractivity contribution is 6.31. The van der Waals surface area contributed by atoms with Crippen LogP contribution in [0.2, 0.25) is 5.02 Å². The minimum absolute atomic E-state index is 0.0244. The number of carbonyl (C=O) groups excluding carboxylic acids is 1. The monoisotopic (exact) mass is 282 g/mol. The summed E-state index contributed by atoms with van der Waals surface area (Å²) in [6, 6.07) is 2.41. The Balaban J connectivity index is 2.39. The molecule has 2 rings (SSSR count). The van der Waals surface area contributed by atoms with Gasteiger partial charge in [-0.3, -0.25) is 9.48 Å². The van der Waals surface area contributed by atoms with Crippen molar-refractivity contribution in [2.24, 2.45) is 7.05 Å². The fourth-order valence-electron chi connectivity index (χ4n) is 1.64. The zero-order chi connectivity index (χ0) is 14.2. The molecule has 0 atom stereocenters. The smallest absolute Gasteiger partial charge is 0.260 e. The number of nitrogens with zero attached hydrogens (tertiary/aromatic N) is 3. The van der Waals surface area contributed by atoms with Gasteiger partial charge in [-0.1, -0.05) is 11.6 Å². The number of aryl methyl sites for hydroxylation is 1. The highest BCUT2D eigenvalue weighted by Gasteiger charge is 2.20. The van der Waals surface area contributed by atoms with Gasteiger partial charge in [-0.25, -0.2) is 4.39 Å². The second-order valence-electron chi connectivity index (χ2n) is 4.09. The van der Waals surface area contributed by atoms with Crippen molar-refractivity contribution in [3.05, 3.63) is 40.9 Å². The predicted molar refractivity (Wildman–Crippen MR) is 71.8 cm³/mol. The van der Waals surface area contributed by atoms with Crippen LogP contribution in [0.5, 0.6) is 0 Å². The van der Waals surface area contributed by atoms with Crippen molar-refractivity contribution >= 4 is 28.9 Å². The van der Waals surface area contributed by atoms with E-state index in [0.29, 0.717) is 5.69 Å². The van der Waals surface area contributed by atoms with E-state index in [-0.39, 0.29) is 16.3 Å². The van der Waals surface area contributed by atoms with E-state index in [1.807, 2.05) is 0 Å². The van der Waals surface area contributed by atoms with Crippen LogP contribution in [0.3, 0.4) is 0 Å². The van der Waals surface area contributed by atoms with E-state index in [4.69, 9.17) is 17.3 Å². The van der Waals surface area contributed by atoms with Crippen LogP contribution < -0.4 is 10.6 Å². The molecule has 7 heteroatoms. The standard InChI is InChI=1S/C12H12ClFN4O/c1-17-6-8(5-16-17)18(2)12(19)9-3-7(13)4-10(14)11(9)15/h3-6H,15H2,1-2H3. The van der Waals surface area contributed by atoms with Gasteiger partial charge >= 0.3 is 0 Å². The van der Waals surface area contributed by atoms with Gasteiger partial charge in [0.1, 0.15) is 5.82 Å². The van der Waals surface area contributed by atoms with Crippen LogP contribution in [-0.2, 0) is 7.05 Å². The maximum Gasteiger partial charge on any atom is 0.260 e. The first-order valence-corrected chi connectivity index (χ1v) is 5.79. The van der Waals surface area contributed by atoms with Crippen LogP contribution >= 0.6 is 11.6 Å². The third-order valence-electron chi connectivity index (χ3n) is 2.71. The summed E-state index contributed by atoms with van der Waals surface area (Å²) in [6.45, 7) is 0. The highest BCUT2D eigenvalue weighted by atomic mass is 35.5. The molecule has 0 saturated carbocycles. The van der Waals surface area contributed by atoms with Crippen molar-refractivity contribution < 1.29 is 9.18 Å². The van der Waals surface area contributed by atoms with E-state index in [2.05, 4.69) is 5.10 Å². The molecule has 0 spiro atoms. The van der Waals surface area contributed by atoms with Gasteiger partial charge in [-0.05, 0) is 12.1 Å². The molecule has 19 heavy (non-hydrogen) atoms. The minimum atomic E-state index is -0.713. The fraction of sp³-hybridized carbons (Fsp3) is 0.167. The molecule has 0 bridgehead atoms. The maximum absolute atomic E-state index is 13.5. The topological polar surface area (TPSA) is 64.2 Å². The Bertz CT molecular complexity index is 641.